The van der Waals surface area contributed by atoms with Crippen LogP contribution in [0.15, 0.2) is 73.1 Å². The summed E-state index contributed by atoms with van der Waals surface area (Å²) in [6, 6.07) is 17.9. The van der Waals surface area contributed by atoms with E-state index in [-0.39, 0.29) is 47.8 Å². The quantitative estimate of drug-likeness (QED) is 0.167. The number of para-hydroxylation sites is 1. The Bertz CT molecular complexity index is 1900. The van der Waals surface area contributed by atoms with Gasteiger partial charge in [0.1, 0.15) is 23.6 Å². The number of aromatic nitrogens is 4. The molecule has 0 fully saturated rings. The first-order valence-electron chi connectivity index (χ1n) is 14.2. The van der Waals surface area contributed by atoms with E-state index in [2.05, 4.69) is 20.3 Å². The number of rotatable bonds is 12. The number of anilines is 1. The fourth-order valence-electron chi connectivity index (χ4n) is 4.79. The van der Waals surface area contributed by atoms with E-state index in [9.17, 15) is 14.4 Å². The number of hydrogen-bond donors (Lipinski definition) is 1. The summed E-state index contributed by atoms with van der Waals surface area (Å²) < 4.78 is 13.6. The molecule has 0 bridgehead atoms. The average molecular weight is 662 g/mol. The predicted molar refractivity (Wildman–Crippen MR) is 175 cm³/mol. The molecular weight excluding hydrogens is 631 g/mol. The summed E-state index contributed by atoms with van der Waals surface area (Å²) in [5.74, 6) is -0.462. The number of carbonyl (C=O) groups is 3. The van der Waals surface area contributed by atoms with Gasteiger partial charge in [-0.2, -0.15) is 4.98 Å². The zero-order valence-electron chi connectivity index (χ0n) is 25.3. The Hall–Kier alpha value is -5.00. The Labute approximate surface area is 275 Å². The van der Waals surface area contributed by atoms with Crippen molar-refractivity contribution in [1.29, 1.82) is 0 Å². The largest absolute Gasteiger partial charge is 0.486 e. The number of fused-ring (bicyclic) bond motifs is 1. The van der Waals surface area contributed by atoms with Crippen LogP contribution in [-0.4, -0.2) is 58.3 Å². The van der Waals surface area contributed by atoms with Gasteiger partial charge in [0.25, 0.3) is 11.9 Å². The molecule has 5 rings (SSSR count). The Balaban J connectivity index is 1.29. The second-order valence-corrected chi connectivity index (χ2v) is 10.9. The van der Waals surface area contributed by atoms with Crippen molar-refractivity contribution in [3.63, 3.8) is 0 Å². The number of nitrogens with zero attached hydrogens (tertiary/aromatic N) is 5. The third-order valence-electron chi connectivity index (χ3n) is 7.32. The van der Waals surface area contributed by atoms with Crippen LogP contribution in [0.1, 0.15) is 44.9 Å². The third kappa shape index (κ3) is 6.95. The van der Waals surface area contributed by atoms with Crippen molar-refractivity contribution in [2.75, 3.05) is 26.1 Å². The zero-order chi connectivity index (χ0) is 32.8. The number of amides is 2. The van der Waals surface area contributed by atoms with Gasteiger partial charge in [-0.25, -0.2) is 0 Å². The summed E-state index contributed by atoms with van der Waals surface area (Å²) in [7, 11) is 4.63. The first kappa shape index (κ1) is 32.4. The second kappa shape index (κ2) is 14.4. The Morgan fingerprint density at radius 2 is 1.80 bits per heavy atom. The molecule has 0 saturated heterocycles. The number of halogens is 2. The molecule has 2 amide bonds. The van der Waals surface area contributed by atoms with Gasteiger partial charge in [-0.1, -0.05) is 35.3 Å². The topological polar surface area (TPSA) is 129 Å². The molecule has 0 aliphatic rings. The molecule has 3 heterocycles. The maximum atomic E-state index is 13.1. The van der Waals surface area contributed by atoms with Crippen LogP contribution in [0.3, 0.4) is 0 Å². The van der Waals surface area contributed by atoms with Crippen LogP contribution in [0.25, 0.3) is 11.0 Å². The molecule has 46 heavy (non-hydrogen) atoms. The van der Waals surface area contributed by atoms with Gasteiger partial charge in [0.2, 0.25) is 5.91 Å². The van der Waals surface area contributed by atoms with E-state index in [0.717, 1.165) is 11.2 Å². The summed E-state index contributed by atoms with van der Waals surface area (Å²) in [5, 5.41) is 3.08. The van der Waals surface area contributed by atoms with Crippen molar-refractivity contribution in [2.45, 2.75) is 26.0 Å². The van der Waals surface area contributed by atoms with Gasteiger partial charge in [-0.15, -0.1) is 0 Å². The number of carbonyl (C=O) groups excluding carboxylic acids is 3. The minimum atomic E-state index is -0.356. The lowest BCUT2D eigenvalue weighted by Crippen LogP contribution is -2.27. The smallest absolute Gasteiger partial charge is 0.297 e. The van der Waals surface area contributed by atoms with Crippen LogP contribution in [0.5, 0.6) is 11.8 Å². The molecule has 11 nitrogen and oxygen atoms in total. The Kier molecular flexibility index (Phi) is 10.1. The van der Waals surface area contributed by atoms with E-state index in [1.807, 2.05) is 34.9 Å². The minimum Gasteiger partial charge on any atom is -0.486 e. The summed E-state index contributed by atoms with van der Waals surface area (Å²) in [6.45, 7) is 0.454. The van der Waals surface area contributed by atoms with Crippen molar-refractivity contribution in [1.82, 2.24) is 24.8 Å². The summed E-state index contributed by atoms with van der Waals surface area (Å²) in [5.41, 5.74) is 3.63. The summed E-state index contributed by atoms with van der Waals surface area (Å²) >= 11 is 13.3. The molecule has 5 aromatic rings. The van der Waals surface area contributed by atoms with Crippen molar-refractivity contribution in [2.24, 2.45) is 0 Å². The molecule has 0 unspecified atom stereocenters. The molecule has 0 atom stereocenters. The molecule has 13 heteroatoms. The van der Waals surface area contributed by atoms with Gasteiger partial charge in [0, 0.05) is 55.5 Å². The average Bonchev–Trinajstić information content (AvgIpc) is 3.44. The number of pyridine rings is 2. The first-order chi connectivity index (χ1) is 22.2. The molecule has 1 N–H and O–H groups in total. The number of hydrogen-bond acceptors (Lipinski definition) is 8. The molecule has 3 aromatic heterocycles. The van der Waals surface area contributed by atoms with Gasteiger partial charge in [0.15, 0.2) is 5.78 Å². The van der Waals surface area contributed by atoms with Gasteiger partial charge in [0.05, 0.1) is 35.6 Å². The van der Waals surface area contributed by atoms with Gasteiger partial charge in [-0.05, 0) is 48.5 Å². The monoisotopic (exact) mass is 660 g/mol. The normalized spacial score (nSPS) is 10.9. The molecule has 0 spiro atoms. The number of imidazole rings is 1. The van der Waals surface area contributed by atoms with Crippen LogP contribution in [0.2, 0.25) is 10.0 Å². The highest BCUT2D eigenvalue weighted by molar-refractivity contribution is 6.38. The molecule has 0 saturated carbocycles. The number of benzene rings is 2. The van der Waals surface area contributed by atoms with E-state index in [4.69, 9.17) is 32.7 Å². The lowest BCUT2D eigenvalue weighted by molar-refractivity contribution is -0.118. The number of nitrogens with one attached hydrogen (secondary N) is 1. The Morgan fingerprint density at radius 3 is 2.50 bits per heavy atom. The van der Waals surface area contributed by atoms with Crippen LogP contribution >= 0.6 is 23.2 Å². The highest BCUT2D eigenvalue weighted by Gasteiger charge is 2.21. The van der Waals surface area contributed by atoms with Gasteiger partial charge in [-0.3, -0.25) is 28.9 Å². The first-order valence-corrected chi connectivity index (χ1v) is 15.0. The zero-order valence-corrected chi connectivity index (χ0v) is 26.8. The summed E-state index contributed by atoms with van der Waals surface area (Å²) in [6.07, 6.45) is 2.94. The number of Topliss-reactive ketones (excluding diaryl/α,β-unsaturated/α-hetero) is 1. The van der Waals surface area contributed by atoms with E-state index >= 15 is 0 Å². The van der Waals surface area contributed by atoms with E-state index in [0.29, 0.717) is 45.7 Å². The SMILES string of the molecule is CNC(=O)c1ccc(C(=O)CCC(=O)N(C)c2ccc(Cl)c(COc3cccc4c3nc(OC)n4Cc3ccccn3)c2Cl)cn1. The van der Waals surface area contributed by atoms with Gasteiger partial charge < -0.3 is 19.7 Å². The lowest BCUT2D eigenvalue weighted by atomic mass is 10.1. The van der Waals surface area contributed by atoms with Crippen molar-refractivity contribution in [3.8, 4) is 11.8 Å². The van der Waals surface area contributed by atoms with Crippen LogP contribution in [0.4, 0.5) is 5.69 Å². The van der Waals surface area contributed by atoms with Gasteiger partial charge >= 0.3 is 0 Å². The van der Waals surface area contributed by atoms with E-state index < -0.39 is 0 Å². The van der Waals surface area contributed by atoms with E-state index in [1.165, 1.54) is 30.3 Å². The second-order valence-electron chi connectivity index (χ2n) is 10.2. The van der Waals surface area contributed by atoms with Crippen molar-refractivity contribution >= 4 is 57.5 Å². The minimum absolute atomic E-state index is 0.000395. The number of ketones is 1. The van der Waals surface area contributed by atoms with Crippen LogP contribution in [-0.2, 0) is 17.9 Å². The highest BCUT2D eigenvalue weighted by atomic mass is 35.5. The maximum Gasteiger partial charge on any atom is 0.297 e. The maximum absolute atomic E-state index is 13.1. The van der Waals surface area contributed by atoms with Crippen molar-refractivity contribution < 1.29 is 23.9 Å². The predicted octanol–water partition coefficient (Wildman–Crippen LogP) is 5.75. The van der Waals surface area contributed by atoms with Crippen LogP contribution < -0.4 is 19.7 Å². The molecule has 0 radical (unpaired) electrons. The van der Waals surface area contributed by atoms with Crippen LogP contribution in [0, 0.1) is 0 Å². The lowest BCUT2D eigenvalue weighted by Gasteiger charge is -2.21. The fraction of sp³-hybridized carbons (Fsp3) is 0.212. The molecule has 0 aliphatic carbocycles. The number of ether oxygens (including phenoxy) is 2. The molecule has 236 valence electrons. The highest BCUT2D eigenvalue weighted by Crippen LogP contribution is 2.36. The van der Waals surface area contributed by atoms with E-state index in [1.54, 1.807) is 38.6 Å². The van der Waals surface area contributed by atoms with Crippen molar-refractivity contribution in [3.05, 3.63) is 106 Å². The standard InChI is InChI=1S/C33H30Cl2N6O5/c1-36-32(44)24-12-10-20(17-38-24)27(42)14-15-29(43)40(2)25-13-11-23(34)22(30(25)35)19-46-28-9-6-8-26-31(28)39-33(45-3)41(26)18-21-7-4-5-16-37-21/h4-13,16-17H,14-15,18-19H2,1-3H3,(H,36,44). The molecule has 2 aromatic carbocycles. The summed E-state index contributed by atoms with van der Waals surface area (Å²) in [4.78, 5) is 51.9. The molecule has 0 aliphatic heterocycles. The Morgan fingerprint density at radius 1 is 0.978 bits per heavy atom. The number of methoxy groups -OCH3 is 1. The third-order valence-corrected chi connectivity index (χ3v) is 8.10. The fourth-order valence-corrected chi connectivity index (χ4v) is 5.40. The molecular formula is C33H30Cl2N6O5.